The van der Waals surface area contributed by atoms with E-state index in [0.29, 0.717) is 0 Å². The van der Waals surface area contributed by atoms with E-state index >= 15 is 0 Å². The minimum absolute atomic E-state index is 1.04. The third-order valence-electron chi connectivity index (χ3n) is 1.38. The largest absolute Gasteiger partial charge is 0.246 e. The van der Waals surface area contributed by atoms with Crippen molar-refractivity contribution in [2.45, 2.75) is 20.8 Å². The minimum Gasteiger partial charge on any atom is -0.246 e. The molecule has 0 aliphatic rings. The Hall–Kier alpha value is -0.920. The fourth-order valence-corrected chi connectivity index (χ4v) is 0.698. The van der Waals surface area contributed by atoms with Gasteiger partial charge in [-0.3, -0.25) is 0 Å². The lowest BCUT2D eigenvalue weighted by Crippen LogP contribution is -2.11. The van der Waals surface area contributed by atoms with Crippen LogP contribution in [-0.2, 0) is 0 Å². The van der Waals surface area contributed by atoms with Crippen LogP contribution in [0, 0.1) is 20.8 Å². The van der Waals surface area contributed by atoms with Gasteiger partial charge in [0.25, 0.3) is 0 Å². The van der Waals surface area contributed by atoms with Crippen LogP contribution in [0.15, 0.2) is 6.20 Å². The fourth-order valence-electron chi connectivity index (χ4n) is 0.698. The van der Waals surface area contributed by atoms with Crippen molar-refractivity contribution in [1.82, 2.24) is 4.98 Å². The highest BCUT2D eigenvalue weighted by molar-refractivity contribution is 5.02. The zero-order chi connectivity index (χ0) is 6.85. The van der Waals surface area contributed by atoms with E-state index < -0.39 is 0 Å². The summed E-state index contributed by atoms with van der Waals surface area (Å²) in [6, 6.07) is 0. The van der Waals surface area contributed by atoms with E-state index in [-0.39, 0.29) is 0 Å². The maximum absolute atomic E-state index is 4.24. The van der Waals surface area contributed by atoms with Crippen LogP contribution in [-0.4, -0.2) is 4.98 Å². The molecule has 0 aliphatic carbocycles. The molecular formula is C7H11N2+. The van der Waals surface area contributed by atoms with Gasteiger partial charge < -0.3 is 0 Å². The molecule has 0 saturated heterocycles. The molecule has 1 N–H and O–H groups in total. The number of aromatic amines is 1. The molecule has 1 aromatic heterocycles. The highest BCUT2D eigenvalue weighted by atomic mass is 14.8. The average Bonchev–Trinajstić information content (AvgIpc) is 1.80. The zero-order valence-corrected chi connectivity index (χ0v) is 6.02. The molecule has 0 atom stereocenters. The third-order valence-corrected chi connectivity index (χ3v) is 1.38. The summed E-state index contributed by atoms with van der Waals surface area (Å²) < 4.78 is 0. The van der Waals surface area contributed by atoms with Gasteiger partial charge in [0, 0.05) is 6.92 Å². The Labute approximate surface area is 55.0 Å². The van der Waals surface area contributed by atoms with E-state index in [0.717, 1.165) is 17.1 Å². The molecule has 0 amide bonds. The van der Waals surface area contributed by atoms with Crippen LogP contribution in [0.4, 0.5) is 0 Å². The second kappa shape index (κ2) is 2.13. The molecule has 0 radical (unpaired) electrons. The van der Waals surface area contributed by atoms with Crippen molar-refractivity contribution in [2.24, 2.45) is 0 Å². The quantitative estimate of drug-likeness (QED) is 0.501. The van der Waals surface area contributed by atoms with Gasteiger partial charge in [0.05, 0.1) is 0 Å². The highest BCUT2D eigenvalue weighted by Crippen LogP contribution is 1.94. The lowest BCUT2D eigenvalue weighted by Gasteiger charge is -1.90. The molecule has 1 heterocycles. The Bertz CT molecular complexity index is 218. The first kappa shape index (κ1) is 6.20. The molecule has 0 spiro atoms. The number of nitrogens with one attached hydrogen (secondary N) is 1. The molecule has 0 aliphatic heterocycles. The maximum Gasteiger partial charge on any atom is 0.197 e. The van der Waals surface area contributed by atoms with Gasteiger partial charge in [-0.05, 0) is 13.8 Å². The summed E-state index contributed by atoms with van der Waals surface area (Å²) in [6.45, 7) is 5.99. The number of rotatable bonds is 0. The lowest BCUT2D eigenvalue weighted by molar-refractivity contribution is -0.389. The summed E-state index contributed by atoms with van der Waals surface area (Å²) in [5, 5.41) is 0. The highest BCUT2D eigenvalue weighted by Gasteiger charge is 1.98. The van der Waals surface area contributed by atoms with E-state index in [9.17, 15) is 0 Å². The number of hydrogen-bond acceptors (Lipinski definition) is 1. The van der Waals surface area contributed by atoms with Gasteiger partial charge in [0.1, 0.15) is 11.4 Å². The van der Waals surface area contributed by atoms with Crippen molar-refractivity contribution in [3.63, 3.8) is 0 Å². The summed E-state index contributed by atoms with van der Waals surface area (Å²) in [4.78, 5) is 7.35. The molecule has 1 aromatic rings. The van der Waals surface area contributed by atoms with Crippen LogP contribution in [0.1, 0.15) is 17.1 Å². The van der Waals surface area contributed by atoms with Crippen LogP contribution >= 0.6 is 0 Å². The molecular weight excluding hydrogens is 112 g/mol. The van der Waals surface area contributed by atoms with Crippen LogP contribution in [0.25, 0.3) is 0 Å². The number of hydrogen-bond donors (Lipinski definition) is 0. The van der Waals surface area contributed by atoms with Gasteiger partial charge in [-0.2, -0.15) is 0 Å². The molecule has 1 rings (SSSR count). The van der Waals surface area contributed by atoms with Crippen molar-refractivity contribution < 1.29 is 4.98 Å². The molecule has 48 valence electrons. The summed E-state index contributed by atoms with van der Waals surface area (Å²) in [7, 11) is 0. The summed E-state index contributed by atoms with van der Waals surface area (Å²) in [5.74, 6) is 0. The molecule has 0 fully saturated rings. The van der Waals surface area contributed by atoms with Crippen molar-refractivity contribution >= 4 is 0 Å². The van der Waals surface area contributed by atoms with Crippen molar-refractivity contribution in [3.05, 3.63) is 23.3 Å². The van der Waals surface area contributed by atoms with Crippen LogP contribution in [0.5, 0.6) is 0 Å². The second-order valence-electron chi connectivity index (χ2n) is 2.25. The predicted molar refractivity (Wildman–Crippen MR) is 35.0 cm³/mol. The molecule has 0 saturated carbocycles. The monoisotopic (exact) mass is 123 g/mol. The second-order valence-corrected chi connectivity index (χ2v) is 2.25. The first-order chi connectivity index (χ1) is 4.20. The normalized spacial score (nSPS) is 9.67. The molecule has 0 unspecified atom stereocenters. The van der Waals surface area contributed by atoms with Gasteiger partial charge in [-0.15, -0.1) is 0 Å². The maximum atomic E-state index is 4.24. The van der Waals surface area contributed by atoms with Crippen molar-refractivity contribution in [3.8, 4) is 0 Å². The summed E-state index contributed by atoms with van der Waals surface area (Å²) in [5.41, 5.74) is 3.26. The predicted octanol–water partition coefficient (Wildman–Crippen LogP) is 0.821. The number of aryl methyl sites for hydroxylation is 3. The Morgan fingerprint density at radius 2 is 2.00 bits per heavy atom. The topological polar surface area (TPSA) is 27.0 Å². The smallest absolute Gasteiger partial charge is 0.197 e. The minimum atomic E-state index is 1.04. The Balaban J connectivity index is 3.17. The lowest BCUT2D eigenvalue weighted by atomic mass is 10.3. The summed E-state index contributed by atoms with van der Waals surface area (Å²) in [6.07, 6.45) is 1.91. The average molecular weight is 123 g/mol. The van der Waals surface area contributed by atoms with Crippen LogP contribution in [0.3, 0.4) is 0 Å². The van der Waals surface area contributed by atoms with Crippen LogP contribution < -0.4 is 4.98 Å². The van der Waals surface area contributed by atoms with Crippen LogP contribution in [0.2, 0.25) is 0 Å². The van der Waals surface area contributed by atoms with Gasteiger partial charge >= 0.3 is 0 Å². The van der Waals surface area contributed by atoms with E-state index in [4.69, 9.17) is 0 Å². The van der Waals surface area contributed by atoms with Crippen molar-refractivity contribution in [1.29, 1.82) is 0 Å². The molecule has 0 aromatic carbocycles. The van der Waals surface area contributed by atoms with Gasteiger partial charge in [-0.25, -0.2) is 9.97 Å². The standard InChI is InChI=1S/C7H10N2/c1-5-4-8-6(2)7(3)9-5/h4H,1-3H3/p+1. The first-order valence-corrected chi connectivity index (χ1v) is 3.02. The van der Waals surface area contributed by atoms with E-state index in [1.165, 1.54) is 0 Å². The molecule has 2 nitrogen and oxygen atoms in total. The number of H-pyrrole nitrogens is 1. The number of aromatic nitrogens is 2. The first-order valence-electron chi connectivity index (χ1n) is 3.02. The summed E-state index contributed by atoms with van der Waals surface area (Å²) >= 11 is 0. The van der Waals surface area contributed by atoms with E-state index in [2.05, 4.69) is 9.97 Å². The Morgan fingerprint density at radius 1 is 1.33 bits per heavy atom. The number of nitrogens with zero attached hydrogens (tertiary/aromatic N) is 1. The van der Waals surface area contributed by atoms with Gasteiger partial charge in [-0.1, -0.05) is 0 Å². The van der Waals surface area contributed by atoms with E-state index in [1.54, 1.807) is 0 Å². The molecule has 9 heavy (non-hydrogen) atoms. The Morgan fingerprint density at radius 3 is 2.44 bits per heavy atom. The van der Waals surface area contributed by atoms with Gasteiger partial charge in [0.2, 0.25) is 0 Å². The molecule has 0 bridgehead atoms. The zero-order valence-electron chi connectivity index (χ0n) is 6.02. The molecule has 2 heteroatoms. The van der Waals surface area contributed by atoms with Crippen molar-refractivity contribution in [2.75, 3.05) is 0 Å². The third kappa shape index (κ3) is 1.25. The van der Waals surface area contributed by atoms with Gasteiger partial charge in [0.15, 0.2) is 11.9 Å². The Kier molecular flexibility index (Phi) is 1.47. The van der Waals surface area contributed by atoms with E-state index in [1.807, 2.05) is 27.0 Å². The SMILES string of the molecule is Cc1c[nH+]c(C)c(C)n1. The fraction of sp³-hybridized carbons (Fsp3) is 0.429.